The third-order valence-corrected chi connectivity index (χ3v) is 2.54. The van der Waals surface area contributed by atoms with Crippen molar-refractivity contribution in [3.63, 3.8) is 0 Å². The Morgan fingerprint density at radius 1 is 1.44 bits per heavy atom. The molecule has 0 atom stereocenters. The van der Waals surface area contributed by atoms with Gasteiger partial charge in [0.25, 0.3) is 0 Å². The van der Waals surface area contributed by atoms with Gasteiger partial charge in [-0.15, -0.1) is 0 Å². The van der Waals surface area contributed by atoms with Gasteiger partial charge in [0.2, 0.25) is 0 Å². The minimum atomic E-state index is 0.0434. The molecule has 0 saturated heterocycles. The van der Waals surface area contributed by atoms with Crippen molar-refractivity contribution in [2.24, 2.45) is 5.73 Å². The van der Waals surface area contributed by atoms with Crippen LogP contribution in [0.3, 0.4) is 0 Å². The van der Waals surface area contributed by atoms with Crippen LogP contribution in [-0.2, 0) is 0 Å². The second-order valence-electron chi connectivity index (χ2n) is 4.04. The van der Waals surface area contributed by atoms with E-state index in [0.29, 0.717) is 30.2 Å². The van der Waals surface area contributed by atoms with Gasteiger partial charge >= 0.3 is 0 Å². The Kier molecular flexibility index (Phi) is 4.50. The zero-order valence-electron chi connectivity index (χ0n) is 10.1. The summed E-state index contributed by atoms with van der Waals surface area (Å²) >= 11 is 0. The summed E-state index contributed by atoms with van der Waals surface area (Å²) in [6.45, 7) is 4.53. The third kappa shape index (κ3) is 2.61. The van der Waals surface area contributed by atoms with Gasteiger partial charge in [0, 0.05) is 6.42 Å². The van der Waals surface area contributed by atoms with Crippen molar-refractivity contribution in [3.8, 4) is 5.75 Å². The highest BCUT2D eigenvalue weighted by atomic mass is 16.5. The first-order valence-electron chi connectivity index (χ1n) is 5.52. The molecule has 0 aliphatic carbocycles. The van der Waals surface area contributed by atoms with Gasteiger partial charge in [-0.05, 0) is 24.1 Å². The molecule has 1 aromatic rings. The van der Waals surface area contributed by atoms with E-state index in [9.17, 15) is 4.79 Å². The van der Waals surface area contributed by atoms with E-state index >= 15 is 0 Å². The van der Waals surface area contributed by atoms with Gasteiger partial charge in [0.15, 0.2) is 5.78 Å². The van der Waals surface area contributed by atoms with Crippen molar-refractivity contribution >= 4 is 5.78 Å². The van der Waals surface area contributed by atoms with E-state index < -0.39 is 0 Å². The highest BCUT2D eigenvalue weighted by molar-refractivity contribution is 5.99. The van der Waals surface area contributed by atoms with E-state index in [1.165, 1.54) is 0 Å². The van der Waals surface area contributed by atoms with Crippen LogP contribution in [0.5, 0.6) is 5.75 Å². The predicted molar refractivity (Wildman–Crippen MR) is 65.1 cm³/mol. The Bertz CT molecular complexity index is 372. The number of rotatable bonds is 5. The van der Waals surface area contributed by atoms with Gasteiger partial charge < -0.3 is 10.5 Å². The standard InChI is InChI=1S/C13H19NO2/c1-9(2)10-5-4-6-11(13(10)16-3)12(15)7-8-14/h4-6,9H,7-8,14H2,1-3H3. The molecule has 0 aliphatic heterocycles. The number of ketones is 1. The van der Waals surface area contributed by atoms with Crippen LogP contribution in [0.1, 0.15) is 42.1 Å². The van der Waals surface area contributed by atoms with Gasteiger partial charge in [0.05, 0.1) is 12.7 Å². The number of hydrogen-bond donors (Lipinski definition) is 1. The minimum absolute atomic E-state index is 0.0434. The van der Waals surface area contributed by atoms with Gasteiger partial charge in [-0.1, -0.05) is 26.0 Å². The van der Waals surface area contributed by atoms with Crippen LogP contribution in [-0.4, -0.2) is 19.4 Å². The lowest BCUT2D eigenvalue weighted by Gasteiger charge is -2.14. The highest BCUT2D eigenvalue weighted by Crippen LogP contribution is 2.30. The van der Waals surface area contributed by atoms with Crippen LogP contribution in [0.25, 0.3) is 0 Å². The molecule has 0 saturated carbocycles. The summed E-state index contributed by atoms with van der Waals surface area (Å²) in [7, 11) is 1.60. The number of nitrogens with two attached hydrogens (primary N) is 1. The SMILES string of the molecule is COc1c(C(=O)CCN)cccc1C(C)C. The molecule has 3 heteroatoms. The lowest BCUT2D eigenvalue weighted by molar-refractivity contribution is 0.0982. The second-order valence-corrected chi connectivity index (χ2v) is 4.04. The van der Waals surface area contributed by atoms with Crippen LogP contribution >= 0.6 is 0 Å². The molecule has 0 aliphatic rings. The van der Waals surface area contributed by atoms with Crippen LogP contribution in [0.15, 0.2) is 18.2 Å². The largest absolute Gasteiger partial charge is 0.496 e. The number of carbonyl (C=O) groups is 1. The Hall–Kier alpha value is -1.35. The highest BCUT2D eigenvalue weighted by Gasteiger charge is 2.16. The normalized spacial score (nSPS) is 10.6. The quantitative estimate of drug-likeness (QED) is 0.776. The summed E-state index contributed by atoms with van der Waals surface area (Å²) in [4.78, 5) is 11.8. The average molecular weight is 221 g/mol. The first-order chi connectivity index (χ1) is 7.61. The van der Waals surface area contributed by atoms with Crippen molar-refractivity contribution in [3.05, 3.63) is 29.3 Å². The Morgan fingerprint density at radius 3 is 2.62 bits per heavy atom. The smallest absolute Gasteiger partial charge is 0.167 e. The Labute approximate surface area is 96.6 Å². The van der Waals surface area contributed by atoms with Crippen LogP contribution in [0.2, 0.25) is 0 Å². The van der Waals surface area contributed by atoms with Gasteiger partial charge in [-0.25, -0.2) is 0 Å². The van der Waals surface area contributed by atoms with Crippen LogP contribution in [0, 0.1) is 0 Å². The van der Waals surface area contributed by atoms with Crippen LogP contribution < -0.4 is 10.5 Å². The Morgan fingerprint density at radius 2 is 2.12 bits per heavy atom. The van der Waals surface area contributed by atoms with E-state index in [1.54, 1.807) is 13.2 Å². The summed E-state index contributed by atoms with van der Waals surface area (Å²) in [5.41, 5.74) is 7.09. The number of para-hydroxylation sites is 1. The van der Waals surface area contributed by atoms with E-state index in [0.717, 1.165) is 5.56 Å². The van der Waals surface area contributed by atoms with E-state index in [2.05, 4.69) is 13.8 Å². The molecule has 0 unspecified atom stereocenters. The van der Waals surface area contributed by atoms with Gasteiger partial charge in [-0.2, -0.15) is 0 Å². The van der Waals surface area contributed by atoms with Crippen molar-refractivity contribution in [2.45, 2.75) is 26.2 Å². The number of methoxy groups -OCH3 is 1. The Balaban J connectivity index is 3.18. The fourth-order valence-electron chi connectivity index (χ4n) is 1.72. The topological polar surface area (TPSA) is 52.3 Å². The summed E-state index contributed by atoms with van der Waals surface area (Å²) in [5.74, 6) is 1.07. The molecule has 1 rings (SSSR count). The molecule has 2 N–H and O–H groups in total. The van der Waals surface area contributed by atoms with Crippen LogP contribution in [0.4, 0.5) is 0 Å². The number of Topliss-reactive ketones (excluding diaryl/α,β-unsaturated/α-hetero) is 1. The lowest BCUT2D eigenvalue weighted by Crippen LogP contribution is -2.10. The molecule has 0 spiro atoms. The maximum Gasteiger partial charge on any atom is 0.167 e. The maximum absolute atomic E-state index is 11.8. The molecule has 3 nitrogen and oxygen atoms in total. The van der Waals surface area contributed by atoms with Crippen molar-refractivity contribution in [1.82, 2.24) is 0 Å². The molecule has 0 aromatic heterocycles. The lowest BCUT2D eigenvalue weighted by atomic mass is 9.96. The van der Waals surface area contributed by atoms with Crippen molar-refractivity contribution in [1.29, 1.82) is 0 Å². The first-order valence-corrected chi connectivity index (χ1v) is 5.52. The number of ether oxygens (including phenoxy) is 1. The molecular weight excluding hydrogens is 202 g/mol. The van der Waals surface area contributed by atoms with Gasteiger partial charge in [0.1, 0.15) is 5.75 Å². The fourth-order valence-corrected chi connectivity index (χ4v) is 1.72. The molecule has 16 heavy (non-hydrogen) atoms. The summed E-state index contributed by atoms with van der Waals surface area (Å²) in [5, 5.41) is 0. The predicted octanol–water partition coefficient (Wildman–Crippen LogP) is 2.35. The molecule has 0 radical (unpaired) electrons. The average Bonchev–Trinajstić information content (AvgIpc) is 2.28. The number of carbonyl (C=O) groups excluding carboxylic acids is 1. The summed E-state index contributed by atoms with van der Waals surface area (Å²) in [6, 6.07) is 5.67. The number of benzene rings is 1. The second kappa shape index (κ2) is 5.66. The number of hydrogen-bond acceptors (Lipinski definition) is 3. The van der Waals surface area contributed by atoms with E-state index in [1.807, 2.05) is 12.1 Å². The molecule has 0 heterocycles. The fraction of sp³-hybridized carbons (Fsp3) is 0.462. The maximum atomic E-state index is 11.8. The molecule has 1 aromatic carbocycles. The van der Waals surface area contributed by atoms with Crippen molar-refractivity contribution < 1.29 is 9.53 Å². The molecule has 88 valence electrons. The molecule has 0 fully saturated rings. The minimum Gasteiger partial charge on any atom is -0.496 e. The van der Waals surface area contributed by atoms with E-state index in [-0.39, 0.29) is 5.78 Å². The molecule has 0 bridgehead atoms. The summed E-state index contributed by atoms with van der Waals surface area (Å²) in [6.07, 6.45) is 0.359. The molecular formula is C13H19NO2. The van der Waals surface area contributed by atoms with E-state index in [4.69, 9.17) is 10.5 Å². The van der Waals surface area contributed by atoms with Gasteiger partial charge in [-0.3, -0.25) is 4.79 Å². The van der Waals surface area contributed by atoms with Crippen molar-refractivity contribution in [2.75, 3.05) is 13.7 Å². The third-order valence-electron chi connectivity index (χ3n) is 2.54. The monoisotopic (exact) mass is 221 g/mol. The molecule has 0 amide bonds. The summed E-state index contributed by atoms with van der Waals surface area (Å²) < 4.78 is 5.34. The first kappa shape index (κ1) is 12.7. The zero-order chi connectivity index (χ0) is 12.1. The zero-order valence-corrected chi connectivity index (χ0v) is 10.1.